The van der Waals surface area contributed by atoms with E-state index in [4.69, 9.17) is 0 Å². The van der Waals surface area contributed by atoms with Gasteiger partial charge in [0.25, 0.3) is 0 Å². The predicted molar refractivity (Wildman–Crippen MR) is 71.0 cm³/mol. The maximum absolute atomic E-state index is 2.36. The van der Waals surface area contributed by atoms with E-state index in [-0.39, 0.29) is 0 Å². The average molecular weight is 412 g/mol. The summed E-state index contributed by atoms with van der Waals surface area (Å²) in [5.74, 6) is 0. The Balaban J connectivity index is 0. The summed E-state index contributed by atoms with van der Waals surface area (Å²) in [6.07, 6.45) is 0. The van der Waals surface area contributed by atoms with Crippen LogP contribution in [-0.4, -0.2) is 39.5 Å². The topological polar surface area (TPSA) is 0 Å². The van der Waals surface area contributed by atoms with E-state index in [9.17, 15) is 0 Å². The third kappa shape index (κ3) is 42.8. The Hall–Kier alpha value is 1.30. The van der Waals surface area contributed by atoms with E-state index in [2.05, 4.69) is 29.6 Å². The van der Waals surface area contributed by atoms with Crippen LogP contribution >= 0.6 is 11.3 Å². The molecule has 76 valence electrons. The van der Waals surface area contributed by atoms with E-state index < -0.39 is 39.5 Å². The van der Waals surface area contributed by atoms with Gasteiger partial charge in [0.05, 0.1) is 0 Å². The second-order valence-electron chi connectivity index (χ2n) is 3.79. The van der Waals surface area contributed by atoms with Crippen molar-refractivity contribution in [1.82, 2.24) is 0 Å². The molecule has 0 saturated heterocycles. The zero-order valence-electron chi connectivity index (χ0n) is 9.72. The quantitative estimate of drug-likeness (QED) is 0.552. The molecule has 0 aliphatic carbocycles. The van der Waals surface area contributed by atoms with E-state index in [1.54, 1.807) is 11.3 Å². The van der Waals surface area contributed by atoms with Gasteiger partial charge in [0.1, 0.15) is 0 Å². The largest absolute Gasteiger partial charge is 0.152 e. The van der Waals surface area contributed by atoms with Crippen LogP contribution in [0, 0.1) is 0 Å². The zero-order chi connectivity index (χ0) is 10.7. The van der Waals surface area contributed by atoms with Gasteiger partial charge in [-0.05, 0) is 10.8 Å². The van der Waals surface area contributed by atoms with Crippen molar-refractivity contribution in [2.75, 3.05) is 0 Å². The zero-order valence-corrected chi connectivity index (χ0v) is 16.2. The van der Waals surface area contributed by atoms with Crippen molar-refractivity contribution < 1.29 is 0 Å². The maximum atomic E-state index is 2.36. The third-order valence-corrected chi connectivity index (χ3v) is 1.05. The Kier molecular flexibility index (Phi) is 17.1. The molecule has 1 rings (SSSR count). The third-order valence-electron chi connectivity index (χ3n) is 0.425. The van der Waals surface area contributed by atoms with Gasteiger partial charge in [-0.15, -0.1) is 0 Å². The first-order chi connectivity index (χ1) is 5.96. The maximum Gasteiger partial charge on any atom is -0.00934 e. The first kappa shape index (κ1) is 16.7. The summed E-state index contributed by atoms with van der Waals surface area (Å²) in [4.78, 5) is 14.2. The Morgan fingerprint density at radius 1 is 0.692 bits per heavy atom. The molecule has 0 aromatic carbocycles. The summed E-state index contributed by atoms with van der Waals surface area (Å²) in [5, 5.41) is 4.08. The fourth-order valence-corrected chi connectivity index (χ4v) is 0.680. The van der Waals surface area contributed by atoms with Crippen LogP contribution in [0.3, 0.4) is 0 Å². The molecular weight excluding hydrogens is 390 g/mol. The van der Waals surface area contributed by atoms with E-state index in [0.29, 0.717) is 0 Å². The standard InChI is InChI=1S/C4H4S.6CH3.2Sn/c1-2-4-5-3-1;;;;;;;;/h1-4H;6*1H3;;. The van der Waals surface area contributed by atoms with Crippen LogP contribution in [0.25, 0.3) is 0 Å². The molecule has 0 atom stereocenters. The summed E-state index contributed by atoms with van der Waals surface area (Å²) in [7, 11) is 0. The molecule has 0 aliphatic heterocycles. The molecule has 0 amide bonds. The van der Waals surface area contributed by atoms with Crippen molar-refractivity contribution in [3.8, 4) is 0 Å². The van der Waals surface area contributed by atoms with Gasteiger partial charge in [-0.3, -0.25) is 0 Å². The molecule has 0 bridgehead atoms. The van der Waals surface area contributed by atoms with E-state index in [0.717, 1.165) is 0 Å². The van der Waals surface area contributed by atoms with Crippen molar-refractivity contribution in [1.29, 1.82) is 0 Å². The molecule has 0 aliphatic rings. The smallest absolute Gasteiger partial charge is 0.00934 e. The minimum atomic E-state index is -0.543. The van der Waals surface area contributed by atoms with Crippen molar-refractivity contribution in [2.24, 2.45) is 0 Å². The Labute approximate surface area is 102 Å². The fourth-order valence-electron chi connectivity index (χ4n) is 0.227. The van der Waals surface area contributed by atoms with Crippen molar-refractivity contribution in [3.05, 3.63) is 22.9 Å². The summed E-state index contributed by atoms with van der Waals surface area (Å²) in [6.45, 7) is 0. The van der Waals surface area contributed by atoms with Gasteiger partial charge in [0.15, 0.2) is 0 Å². The molecule has 0 fully saturated rings. The normalized spacial score (nSPS) is 8.62. The predicted octanol–water partition coefficient (Wildman–Crippen LogP) is 4.49. The van der Waals surface area contributed by atoms with Crippen LogP contribution in [0.15, 0.2) is 22.9 Å². The molecule has 0 nitrogen and oxygen atoms in total. The Morgan fingerprint density at radius 2 is 0.923 bits per heavy atom. The number of hydrogen-bond acceptors (Lipinski definition) is 1. The monoisotopic (exact) mass is 414 g/mol. The minimum Gasteiger partial charge on any atom is -0.152 e. The van der Waals surface area contributed by atoms with Crippen molar-refractivity contribution in [3.63, 3.8) is 0 Å². The second kappa shape index (κ2) is 13.3. The van der Waals surface area contributed by atoms with Gasteiger partial charge in [-0.25, -0.2) is 0 Å². The van der Waals surface area contributed by atoms with E-state index >= 15 is 0 Å². The SMILES string of the molecule is [CH3][Sn]([CH3])[CH3].[CH3][Sn]([CH3])[CH3].c1ccsc1. The molecular formula is C10H22SSn2. The van der Waals surface area contributed by atoms with Crippen LogP contribution in [-0.2, 0) is 0 Å². The summed E-state index contributed by atoms with van der Waals surface area (Å²) in [6, 6.07) is 4.04. The van der Waals surface area contributed by atoms with Crippen LogP contribution in [0.1, 0.15) is 0 Å². The number of hydrogen-bond donors (Lipinski definition) is 0. The molecule has 13 heavy (non-hydrogen) atoms. The molecule has 3 heteroatoms. The van der Waals surface area contributed by atoms with Gasteiger partial charge in [0, 0.05) is 0 Å². The molecule has 1 aromatic heterocycles. The van der Waals surface area contributed by atoms with Gasteiger partial charge < -0.3 is 0 Å². The second-order valence-corrected chi connectivity index (χ2v) is 21.7. The average Bonchev–Trinajstić information content (AvgIpc) is 2.35. The van der Waals surface area contributed by atoms with Crippen LogP contribution in [0.4, 0.5) is 0 Å². The van der Waals surface area contributed by atoms with E-state index in [1.807, 2.05) is 22.9 Å². The molecule has 0 spiro atoms. The fraction of sp³-hybridized carbons (Fsp3) is 0.600. The Bertz CT molecular complexity index is 119. The van der Waals surface area contributed by atoms with Crippen molar-refractivity contribution >= 4 is 50.9 Å². The van der Waals surface area contributed by atoms with Gasteiger partial charge in [-0.1, -0.05) is 12.1 Å². The van der Waals surface area contributed by atoms with E-state index in [1.165, 1.54) is 0 Å². The number of thiophene rings is 1. The van der Waals surface area contributed by atoms with Gasteiger partial charge in [0.2, 0.25) is 0 Å². The minimum absolute atomic E-state index is 0.543. The molecule has 2 radical (unpaired) electrons. The molecule has 0 saturated carbocycles. The summed E-state index contributed by atoms with van der Waals surface area (Å²) < 4.78 is 0. The molecule has 0 N–H and O–H groups in total. The van der Waals surface area contributed by atoms with Crippen LogP contribution in [0.2, 0.25) is 29.6 Å². The van der Waals surface area contributed by atoms with Crippen LogP contribution < -0.4 is 0 Å². The molecule has 1 aromatic rings. The first-order valence-electron chi connectivity index (χ1n) is 4.47. The molecule has 1 heterocycles. The Morgan fingerprint density at radius 3 is 1.00 bits per heavy atom. The first-order valence-corrected chi connectivity index (χ1v) is 22.5. The summed E-state index contributed by atoms with van der Waals surface area (Å²) in [5.41, 5.74) is 0. The van der Waals surface area contributed by atoms with Crippen LogP contribution in [0.5, 0.6) is 0 Å². The number of rotatable bonds is 0. The van der Waals surface area contributed by atoms with Gasteiger partial charge >= 0.3 is 69.2 Å². The molecule has 0 unspecified atom stereocenters. The van der Waals surface area contributed by atoms with Gasteiger partial charge in [-0.2, -0.15) is 11.3 Å². The summed E-state index contributed by atoms with van der Waals surface area (Å²) >= 11 is 0.626. The van der Waals surface area contributed by atoms with Crippen molar-refractivity contribution in [2.45, 2.75) is 29.6 Å².